The smallest absolute Gasteiger partial charge is 0.365 e. The predicted octanol–water partition coefficient (Wildman–Crippen LogP) is 4.56. The summed E-state index contributed by atoms with van der Waals surface area (Å²) in [5.74, 6) is -0.424. The molecule has 0 spiro atoms. The maximum Gasteiger partial charge on any atom is 0.421 e. The second kappa shape index (κ2) is 9.03. The van der Waals surface area contributed by atoms with E-state index in [1.165, 1.54) is 7.05 Å². The van der Waals surface area contributed by atoms with Crippen LogP contribution in [0.2, 0.25) is 0 Å². The van der Waals surface area contributed by atoms with E-state index >= 15 is 0 Å². The lowest BCUT2D eigenvalue weighted by Crippen LogP contribution is -2.26. The number of anilines is 4. The van der Waals surface area contributed by atoms with Gasteiger partial charge in [-0.3, -0.25) is 4.31 Å². The Kier molecular flexibility index (Phi) is 6.58. The average molecular weight is 466 g/mol. The van der Waals surface area contributed by atoms with E-state index < -0.39 is 27.6 Å². The van der Waals surface area contributed by atoms with Crippen LogP contribution in [0.4, 0.5) is 36.3 Å². The van der Waals surface area contributed by atoms with Crippen LogP contribution in [0.1, 0.15) is 16.7 Å². The molecule has 1 heterocycles. The summed E-state index contributed by atoms with van der Waals surface area (Å²) in [4.78, 5) is 7.80. The number of halogens is 3. The van der Waals surface area contributed by atoms with E-state index in [0.29, 0.717) is 23.1 Å². The summed E-state index contributed by atoms with van der Waals surface area (Å²) < 4.78 is 65.7. The minimum absolute atomic E-state index is 0.00930. The van der Waals surface area contributed by atoms with Gasteiger partial charge in [0.05, 0.1) is 11.9 Å². The highest BCUT2D eigenvalue weighted by atomic mass is 32.2. The van der Waals surface area contributed by atoms with Gasteiger partial charge in [0.15, 0.2) is 0 Å². The van der Waals surface area contributed by atoms with Crippen LogP contribution < -0.4 is 14.9 Å². The van der Waals surface area contributed by atoms with Gasteiger partial charge in [0.25, 0.3) is 0 Å². The van der Waals surface area contributed by atoms with E-state index in [1.807, 2.05) is 0 Å². The zero-order chi connectivity index (χ0) is 23.5. The van der Waals surface area contributed by atoms with Gasteiger partial charge in [0.2, 0.25) is 16.0 Å². The Morgan fingerprint density at radius 3 is 2.38 bits per heavy atom. The van der Waals surface area contributed by atoms with Crippen molar-refractivity contribution >= 4 is 33.2 Å². The molecule has 0 aliphatic rings. The summed E-state index contributed by atoms with van der Waals surface area (Å²) in [5, 5.41) is 5.58. The van der Waals surface area contributed by atoms with Gasteiger partial charge in [-0.15, -0.1) is 0 Å². The SMILES string of the molecule is Cc1cccc(N(C)S(C)(=O)=O)c1CNc1nc(Nc2ccccc2)ncc1C(F)(F)F. The minimum Gasteiger partial charge on any atom is -0.365 e. The Labute approximate surface area is 184 Å². The van der Waals surface area contributed by atoms with Crippen LogP contribution in [-0.2, 0) is 22.7 Å². The molecule has 0 radical (unpaired) electrons. The van der Waals surface area contributed by atoms with Crippen molar-refractivity contribution in [3.05, 3.63) is 71.4 Å². The second-order valence-corrected chi connectivity index (χ2v) is 9.12. The molecule has 0 unspecified atom stereocenters. The largest absolute Gasteiger partial charge is 0.421 e. The van der Waals surface area contributed by atoms with Crippen molar-refractivity contribution in [2.75, 3.05) is 28.2 Å². The molecule has 0 bridgehead atoms. The predicted molar refractivity (Wildman–Crippen MR) is 119 cm³/mol. The van der Waals surface area contributed by atoms with Crippen molar-refractivity contribution in [3.63, 3.8) is 0 Å². The lowest BCUT2D eigenvalue weighted by Gasteiger charge is -2.22. The molecule has 0 amide bonds. The van der Waals surface area contributed by atoms with E-state index in [-0.39, 0.29) is 12.5 Å². The van der Waals surface area contributed by atoms with Crippen LogP contribution >= 0.6 is 0 Å². The summed E-state index contributed by atoms with van der Waals surface area (Å²) in [6, 6.07) is 13.8. The van der Waals surface area contributed by atoms with Crippen LogP contribution in [0.15, 0.2) is 54.7 Å². The van der Waals surface area contributed by atoms with Crippen molar-refractivity contribution < 1.29 is 21.6 Å². The Bertz CT molecular complexity index is 1200. The van der Waals surface area contributed by atoms with E-state index in [2.05, 4.69) is 20.6 Å². The number of alkyl halides is 3. The number of hydrogen-bond donors (Lipinski definition) is 2. The molecule has 0 saturated heterocycles. The van der Waals surface area contributed by atoms with Crippen LogP contribution in [0, 0.1) is 6.92 Å². The fourth-order valence-electron chi connectivity index (χ4n) is 3.00. The fourth-order valence-corrected chi connectivity index (χ4v) is 3.53. The Morgan fingerprint density at radius 1 is 1.06 bits per heavy atom. The summed E-state index contributed by atoms with van der Waals surface area (Å²) in [6.07, 6.45) is -2.91. The molecule has 2 aromatic carbocycles. The average Bonchev–Trinajstić information content (AvgIpc) is 2.71. The molecule has 0 saturated carbocycles. The van der Waals surface area contributed by atoms with Crippen molar-refractivity contribution in [1.82, 2.24) is 9.97 Å². The third kappa shape index (κ3) is 5.47. The second-order valence-electron chi connectivity index (χ2n) is 7.10. The molecule has 0 aliphatic carbocycles. The molecule has 3 aromatic rings. The number of para-hydroxylation sites is 1. The maximum atomic E-state index is 13.5. The van der Waals surface area contributed by atoms with Crippen molar-refractivity contribution in [2.24, 2.45) is 0 Å². The zero-order valence-electron chi connectivity index (χ0n) is 17.6. The molecule has 0 aliphatic heterocycles. The number of sulfonamides is 1. The first kappa shape index (κ1) is 23.3. The highest BCUT2D eigenvalue weighted by Gasteiger charge is 2.35. The quantitative estimate of drug-likeness (QED) is 0.532. The Balaban J connectivity index is 1.95. The van der Waals surface area contributed by atoms with Gasteiger partial charge < -0.3 is 10.6 Å². The standard InChI is InChI=1S/C21H22F3N5O2S/c1-14-8-7-11-18(29(2)32(3,30)31)16(14)12-25-19-17(21(22,23)24)13-26-20(28-19)27-15-9-5-4-6-10-15/h4-11,13H,12H2,1-3H3,(H2,25,26,27,28). The van der Waals surface area contributed by atoms with Crippen molar-refractivity contribution in [2.45, 2.75) is 19.6 Å². The zero-order valence-corrected chi connectivity index (χ0v) is 18.4. The first-order chi connectivity index (χ1) is 15.0. The molecule has 0 fully saturated rings. The molecule has 0 atom stereocenters. The Hall–Kier alpha value is -3.34. The lowest BCUT2D eigenvalue weighted by molar-refractivity contribution is -0.137. The van der Waals surface area contributed by atoms with Crippen molar-refractivity contribution in [3.8, 4) is 0 Å². The highest BCUT2D eigenvalue weighted by molar-refractivity contribution is 7.92. The third-order valence-corrected chi connectivity index (χ3v) is 5.97. The van der Waals surface area contributed by atoms with Gasteiger partial charge in [0.1, 0.15) is 11.4 Å². The summed E-state index contributed by atoms with van der Waals surface area (Å²) >= 11 is 0. The van der Waals surface area contributed by atoms with Crippen LogP contribution in [0.25, 0.3) is 0 Å². The third-order valence-electron chi connectivity index (χ3n) is 4.78. The van der Waals surface area contributed by atoms with E-state index in [0.717, 1.165) is 16.1 Å². The maximum absolute atomic E-state index is 13.5. The molecule has 3 rings (SSSR count). The fraction of sp³-hybridized carbons (Fsp3) is 0.238. The number of nitrogens with one attached hydrogen (secondary N) is 2. The lowest BCUT2D eigenvalue weighted by atomic mass is 10.1. The normalized spacial score (nSPS) is 11.8. The molecular weight excluding hydrogens is 443 g/mol. The number of nitrogens with zero attached hydrogens (tertiary/aromatic N) is 3. The molecule has 170 valence electrons. The number of rotatable bonds is 7. The monoisotopic (exact) mass is 465 g/mol. The first-order valence-electron chi connectivity index (χ1n) is 9.49. The Morgan fingerprint density at radius 2 is 1.75 bits per heavy atom. The molecular formula is C21H22F3N5O2S. The van der Waals surface area contributed by atoms with Gasteiger partial charge in [-0.25, -0.2) is 13.4 Å². The van der Waals surface area contributed by atoms with Crippen molar-refractivity contribution in [1.29, 1.82) is 0 Å². The molecule has 7 nitrogen and oxygen atoms in total. The highest BCUT2D eigenvalue weighted by Crippen LogP contribution is 2.35. The van der Waals surface area contributed by atoms with Crippen LogP contribution in [0.3, 0.4) is 0 Å². The van der Waals surface area contributed by atoms with Crippen LogP contribution in [-0.4, -0.2) is 31.7 Å². The number of benzene rings is 2. The van der Waals surface area contributed by atoms with E-state index in [4.69, 9.17) is 0 Å². The summed E-state index contributed by atoms with van der Waals surface area (Å²) in [5.41, 5.74) is 1.21. The molecule has 1 aromatic heterocycles. The summed E-state index contributed by atoms with van der Waals surface area (Å²) in [6.45, 7) is 1.68. The first-order valence-corrected chi connectivity index (χ1v) is 11.3. The number of aryl methyl sites for hydroxylation is 1. The minimum atomic E-state index is -4.67. The molecule has 32 heavy (non-hydrogen) atoms. The van der Waals surface area contributed by atoms with E-state index in [9.17, 15) is 21.6 Å². The van der Waals surface area contributed by atoms with Gasteiger partial charge in [0, 0.05) is 25.5 Å². The van der Waals surface area contributed by atoms with Gasteiger partial charge >= 0.3 is 6.18 Å². The van der Waals surface area contributed by atoms with Gasteiger partial charge in [-0.2, -0.15) is 18.2 Å². The topological polar surface area (TPSA) is 87.2 Å². The molecule has 2 N–H and O–H groups in total. The van der Waals surface area contributed by atoms with E-state index in [1.54, 1.807) is 55.5 Å². The van der Waals surface area contributed by atoms with Gasteiger partial charge in [-0.1, -0.05) is 30.3 Å². The van der Waals surface area contributed by atoms with Crippen LogP contribution in [0.5, 0.6) is 0 Å². The van der Waals surface area contributed by atoms with Gasteiger partial charge in [-0.05, 0) is 36.2 Å². The molecule has 11 heteroatoms. The number of hydrogen-bond acceptors (Lipinski definition) is 6. The number of aromatic nitrogens is 2. The summed E-state index contributed by atoms with van der Waals surface area (Å²) in [7, 11) is -2.17.